The van der Waals surface area contributed by atoms with Crippen LogP contribution in [0.25, 0.3) is 22.0 Å². The lowest BCUT2D eigenvalue weighted by atomic mass is 9.84. The molecule has 2 atom stereocenters. The van der Waals surface area contributed by atoms with Gasteiger partial charge in [0, 0.05) is 29.2 Å². The highest BCUT2D eigenvalue weighted by Crippen LogP contribution is 2.41. The lowest BCUT2D eigenvalue weighted by Gasteiger charge is -2.45. The van der Waals surface area contributed by atoms with Gasteiger partial charge in [-0.15, -0.1) is 0 Å². The van der Waals surface area contributed by atoms with E-state index in [9.17, 15) is 4.79 Å². The number of carbonyl (C=O) groups excluding carboxylic acids is 1. The minimum atomic E-state index is -2.06. The van der Waals surface area contributed by atoms with Crippen molar-refractivity contribution in [2.24, 2.45) is 7.05 Å². The molecule has 0 saturated heterocycles. The van der Waals surface area contributed by atoms with Crippen molar-refractivity contribution in [3.05, 3.63) is 69.6 Å². The van der Waals surface area contributed by atoms with Crippen LogP contribution in [0.2, 0.25) is 28.3 Å². The highest BCUT2D eigenvalue weighted by Gasteiger charge is 2.41. The number of aryl methyl sites for hydroxylation is 1. The van der Waals surface area contributed by atoms with Gasteiger partial charge in [0.1, 0.15) is 0 Å². The second kappa shape index (κ2) is 10.6. The number of hydrogen-bond acceptors (Lipinski definition) is 4. The molecule has 0 radical (unpaired) electrons. The molecule has 0 aliphatic carbocycles. The fourth-order valence-corrected chi connectivity index (χ4v) is 7.12. The molecule has 212 valence electrons. The van der Waals surface area contributed by atoms with Gasteiger partial charge in [0.2, 0.25) is 5.91 Å². The Labute approximate surface area is 246 Å². The Bertz CT molecular complexity index is 1560. The van der Waals surface area contributed by atoms with Crippen LogP contribution in [0, 0.1) is 0 Å². The number of aromatic amines is 1. The molecule has 1 aliphatic rings. The van der Waals surface area contributed by atoms with Crippen molar-refractivity contribution >= 4 is 48.3 Å². The van der Waals surface area contributed by atoms with Gasteiger partial charge in [-0.3, -0.25) is 14.6 Å². The summed E-state index contributed by atoms with van der Waals surface area (Å²) in [5.41, 5.74) is 6.10. The number of hydrogen-bond donors (Lipinski definition) is 1. The Hall–Kier alpha value is -2.65. The fraction of sp³-hybridized carbons (Fsp3) is 0.433. The predicted octanol–water partition coefficient (Wildman–Crippen LogP) is 7.35. The average Bonchev–Trinajstić information content (AvgIpc) is 3.51. The van der Waals surface area contributed by atoms with Gasteiger partial charge in [-0.05, 0) is 65.9 Å². The second-order valence-electron chi connectivity index (χ2n) is 12.3. The molecule has 1 aliphatic heterocycles. The van der Waals surface area contributed by atoms with Crippen LogP contribution in [0.4, 0.5) is 0 Å². The molecule has 7 nitrogen and oxygen atoms in total. The summed E-state index contributed by atoms with van der Waals surface area (Å²) in [6, 6.07) is 9.72. The van der Waals surface area contributed by atoms with Crippen molar-refractivity contribution in [1.82, 2.24) is 24.9 Å². The Kier molecular flexibility index (Phi) is 7.67. The third-order valence-corrected chi connectivity index (χ3v) is 13.9. The summed E-state index contributed by atoms with van der Waals surface area (Å²) < 4.78 is 8.46. The topological polar surface area (TPSA) is 76.0 Å². The maximum absolute atomic E-state index is 14.3. The number of rotatable bonds is 6. The fourth-order valence-electron chi connectivity index (χ4n) is 5.53. The SMILES string of the molecule is C[C@H]1c2cccc(-c3cn[nH]c3)c2C[C@H](CO[Si](C)(C)C(C)(C)C)N1C(=O)Cc1c(Cl)ccc2c1c(Cl)nn2C. The molecule has 1 N–H and O–H groups in total. The van der Waals surface area contributed by atoms with E-state index in [1.807, 2.05) is 36.5 Å². The van der Waals surface area contributed by atoms with Gasteiger partial charge in [0.15, 0.2) is 13.5 Å². The average molecular weight is 599 g/mol. The van der Waals surface area contributed by atoms with Gasteiger partial charge in [0.25, 0.3) is 0 Å². The third-order valence-electron chi connectivity index (χ3n) is 8.81. The summed E-state index contributed by atoms with van der Waals surface area (Å²) in [4.78, 5) is 16.3. The monoisotopic (exact) mass is 597 g/mol. The molecule has 5 rings (SSSR count). The van der Waals surface area contributed by atoms with Crippen LogP contribution < -0.4 is 0 Å². The number of aromatic nitrogens is 4. The summed E-state index contributed by atoms with van der Waals surface area (Å²) in [6.07, 6.45) is 4.57. The van der Waals surface area contributed by atoms with E-state index in [0.717, 1.165) is 27.6 Å². The van der Waals surface area contributed by atoms with E-state index in [1.54, 1.807) is 4.68 Å². The number of fused-ring (bicyclic) bond motifs is 2. The Balaban J connectivity index is 1.55. The Morgan fingerprint density at radius 1 is 1.20 bits per heavy atom. The quantitative estimate of drug-likeness (QED) is 0.236. The van der Waals surface area contributed by atoms with E-state index in [4.69, 9.17) is 27.6 Å². The van der Waals surface area contributed by atoms with E-state index < -0.39 is 8.32 Å². The van der Waals surface area contributed by atoms with Gasteiger partial charge in [-0.1, -0.05) is 62.2 Å². The van der Waals surface area contributed by atoms with Crippen LogP contribution in [0.1, 0.15) is 50.4 Å². The number of H-pyrrole nitrogens is 1. The molecule has 40 heavy (non-hydrogen) atoms. The standard InChI is InChI=1S/C30H37Cl2N5O2Si/c1-18-21-9-8-10-22(19-15-33-34-16-19)23(21)13-20(17-39-40(6,7)30(2,3)4)37(18)27(38)14-24-25(31)11-12-26-28(24)29(32)35-36(26)5/h8-12,15-16,18,20H,13-14,17H2,1-7H3,(H,33,34)/t18-,20+/m0/s1. The first-order chi connectivity index (χ1) is 18.8. The number of halogens is 2. The smallest absolute Gasteiger partial charge is 0.227 e. The normalized spacial score (nSPS) is 17.9. The molecular formula is C30H37Cl2N5O2Si. The Morgan fingerprint density at radius 3 is 2.62 bits per heavy atom. The first-order valence-electron chi connectivity index (χ1n) is 13.7. The summed E-state index contributed by atoms with van der Waals surface area (Å²) in [5, 5.41) is 13.1. The molecule has 0 fully saturated rings. The van der Waals surface area contributed by atoms with Crippen molar-refractivity contribution in [1.29, 1.82) is 0 Å². The maximum atomic E-state index is 14.3. The zero-order chi connectivity index (χ0) is 29.0. The van der Waals surface area contributed by atoms with Crippen LogP contribution in [0.3, 0.4) is 0 Å². The van der Waals surface area contributed by atoms with Gasteiger partial charge < -0.3 is 9.33 Å². The zero-order valence-electron chi connectivity index (χ0n) is 24.2. The van der Waals surface area contributed by atoms with Crippen LogP contribution in [0.15, 0.2) is 42.7 Å². The summed E-state index contributed by atoms with van der Waals surface area (Å²) in [6.45, 7) is 13.8. The van der Waals surface area contributed by atoms with Gasteiger partial charge in [-0.2, -0.15) is 10.2 Å². The van der Waals surface area contributed by atoms with Gasteiger partial charge in [0.05, 0.1) is 36.8 Å². The first-order valence-corrected chi connectivity index (χ1v) is 17.3. The number of amides is 1. The molecule has 0 spiro atoms. The molecule has 3 heterocycles. The van der Waals surface area contributed by atoms with E-state index >= 15 is 0 Å². The molecule has 1 amide bonds. The summed E-state index contributed by atoms with van der Waals surface area (Å²) >= 11 is 13.2. The zero-order valence-corrected chi connectivity index (χ0v) is 26.7. The molecule has 4 aromatic rings. The van der Waals surface area contributed by atoms with Crippen molar-refractivity contribution < 1.29 is 9.22 Å². The largest absolute Gasteiger partial charge is 0.415 e. The van der Waals surface area contributed by atoms with Gasteiger partial charge in [-0.25, -0.2) is 0 Å². The third kappa shape index (κ3) is 5.11. The van der Waals surface area contributed by atoms with Crippen molar-refractivity contribution in [3.63, 3.8) is 0 Å². The minimum absolute atomic E-state index is 0.00925. The highest BCUT2D eigenvalue weighted by atomic mass is 35.5. The van der Waals surface area contributed by atoms with Crippen LogP contribution in [-0.4, -0.2) is 51.8 Å². The number of benzene rings is 2. The molecular weight excluding hydrogens is 561 g/mol. The summed E-state index contributed by atoms with van der Waals surface area (Å²) in [5.74, 6) is -0.00925. The molecule has 0 unspecified atom stereocenters. The molecule has 2 aromatic heterocycles. The van der Waals surface area contributed by atoms with Crippen LogP contribution in [0.5, 0.6) is 0 Å². The van der Waals surface area contributed by atoms with Gasteiger partial charge >= 0.3 is 0 Å². The number of nitrogens with zero attached hydrogens (tertiary/aromatic N) is 4. The Morgan fingerprint density at radius 2 is 1.95 bits per heavy atom. The molecule has 0 bridgehead atoms. The second-order valence-corrected chi connectivity index (χ2v) is 17.9. The highest BCUT2D eigenvalue weighted by molar-refractivity contribution is 6.74. The van der Waals surface area contributed by atoms with Crippen molar-refractivity contribution in [3.8, 4) is 11.1 Å². The minimum Gasteiger partial charge on any atom is -0.415 e. The van der Waals surface area contributed by atoms with E-state index in [0.29, 0.717) is 28.8 Å². The lowest BCUT2D eigenvalue weighted by Crippen LogP contribution is -2.52. The van der Waals surface area contributed by atoms with Crippen molar-refractivity contribution in [2.45, 2.75) is 70.8 Å². The molecule has 0 saturated carbocycles. The predicted molar refractivity (Wildman–Crippen MR) is 164 cm³/mol. The summed E-state index contributed by atoms with van der Waals surface area (Å²) in [7, 11) is -0.224. The number of carbonyl (C=O) groups is 1. The number of nitrogens with one attached hydrogen (secondary N) is 1. The maximum Gasteiger partial charge on any atom is 0.227 e. The van der Waals surface area contributed by atoms with E-state index in [1.165, 1.54) is 5.56 Å². The van der Waals surface area contributed by atoms with E-state index in [2.05, 4.69) is 74.3 Å². The molecule has 10 heteroatoms. The lowest BCUT2D eigenvalue weighted by molar-refractivity contribution is -0.136. The molecule has 2 aromatic carbocycles. The van der Waals surface area contributed by atoms with Crippen LogP contribution >= 0.6 is 23.2 Å². The van der Waals surface area contributed by atoms with Crippen LogP contribution in [-0.2, 0) is 29.1 Å². The first kappa shape index (κ1) is 28.9. The van der Waals surface area contributed by atoms with E-state index in [-0.39, 0.29) is 29.4 Å². The van der Waals surface area contributed by atoms with Crippen molar-refractivity contribution in [2.75, 3.05) is 6.61 Å².